The van der Waals surface area contributed by atoms with Gasteiger partial charge < -0.3 is 19.9 Å². The van der Waals surface area contributed by atoms with Crippen LogP contribution in [0.25, 0.3) is 0 Å². The lowest BCUT2D eigenvalue weighted by atomic mass is 10.1. The molecule has 1 saturated heterocycles. The van der Waals surface area contributed by atoms with E-state index in [2.05, 4.69) is 10.1 Å². The van der Waals surface area contributed by atoms with Crippen molar-refractivity contribution in [2.24, 2.45) is 0 Å². The molecule has 5 heteroatoms. The highest BCUT2D eigenvalue weighted by Crippen LogP contribution is 2.15. The first-order chi connectivity index (χ1) is 6.53. The van der Waals surface area contributed by atoms with Crippen LogP contribution in [-0.2, 0) is 4.74 Å². The van der Waals surface area contributed by atoms with Crippen LogP contribution in [0.2, 0.25) is 0 Å². The maximum atomic E-state index is 11.6. The van der Waals surface area contributed by atoms with Gasteiger partial charge in [-0.1, -0.05) is 0 Å². The molecule has 1 amide bonds. The van der Waals surface area contributed by atoms with Crippen LogP contribution < -0.4 is 5.32 Å². The van der Waals surface area contributed by atoms with E-state index in [0.717, 1.165) is 19.3 Å². The minimum absolute atomic E-state index is 0.0938. The normalized spacial score (nSPS) is 33.2. The second-order valence-corrected chi connectivity index (χ2v) is 4.01. The van der Waals surface area contributed by atoms with E-state index in [9.17, 15) is 10.0 Å². The van der Waals surface area contributed by atoms with Crippen molar-refractivity contribution in [2.75, 3.05) is 27.2 Å². The predicted octanol–water partition coefficient (Wildman–Crippen LogP) is 0.839. The van der Waals surface area contributed by atoms with Crippen molar-refractivity contribution >= 4 is 6.09 Å². The maximum Gasteiger partial charge on any atom is 0.407 e. The number of hydrogen-bond donors (Lipinski definition) is 1. The van der Waals surface area contributed by atoms with E-state index in [-0.39, 0.29) is 10.7 Å². The highest BCUT2D eigenvalue weighted by molar-refractivity contribution is 5.67. The van der Waals surface area contributed by atoms with Crippen LogP contribution in [0.1, 0.15) is 19.3 Å². The number of likely N-dealkylation sites (tertiary alicyclic amines) is 1. The van der Waals surface area contributed by atoms with Crippen molar-refractivity contribution in [1.82, 2.24) is 5.32 Å². The Bertz CT molecular complexity index is 206. The molecule has 0 aromatic rings. The molecule has 2 atom stereocenters. The summed E-state index contributed by atoms with van der Waals surface area (Å²) in [6.45, 7) is 1.20. The lowest BCUT2D eigenvalue weighted by Crippen LogP contribution is -2.40. The fourth-order valence-corrected chi connectivity index (χ4v) is 1.73. The zero-order valence-corrected chi connectivity index (χ0v) is 8.78. The van der Waals surface area contributed by atoms with E-state index in [1.54, 1.807) is 7.05 Å². The molecule has 0 radical (unpaired) electrons. The Morgan fingerprint density at radius 1 is 1.50 bits per heavy atom. The number of methoxy groups -OCH3 is 1. The molecule has 1 N–H and O–H groups in total. The van der Waals surface area contributed by atoms with Gasteiger partial charge in [-0.05, 0) is 12.8 Å². The van der Waals surface area contributed by atoms with Crippen molar-refractivity contribution in [1.29, 1.82) is 0 Å². The van der Waals surface area contributed by atoms with Gasteiger partial charge in [-0.3, -0.25) is 0 Å². The lowest BCUT2D eigenvalue weighted by Gasteiger charge is -2.37. The van der Waals surface area contributed by atoms with E-state index in [0.29, 0.717) is 13.1 Å². The Morgan fingerprint density at radius 3 is 2.86 bits per heavy atom. The topological polar surface area (TPSA) is 61.4 Å². The Labute approximate surface area is 84.2 Å². The molecule has 0 spiro atoms. The van der Waals surface area contributed by atoms with Gasteiger partial charge in [0.25, 0.3) is 0 Å². The quantitative estimate of drug-likeness (QED) is 0.506. The Balaban J connectivity index is 2.38. The van der Waals surface area contributed by atoms with Crippen molar-refractivity contribution in [3.63, 3.8) is 0 Å². The second-order valence-electron chi connectivity index (χ2n) is 4.01. The van der Waals surface area contributed by atoms with Gasteiger partial charge in [-0.25, -0.2) is 4.79 Å². The van der Waals surface area contributed by atoms with Gasteiger partial charge >= 0.3 is 6.09 Å². The smallest absolute Gasteiger partial charge is 0.407 e. The Morgan fingerprint density at radius 2 is 2.21 bits per heavy atom. The molecule has 2 unspecified atom stereocenters. The summed E-state index contributed by atoms with van der Waals surface area (Å²) in [7, 11) is 3.03. The molecule has 5 nitrogen and oxygen atoms in total. The standard InChI is InChI=1S/C9H18N2O3/c1-11(13)6-3-4-8(5-7-11)10-9(12)14-2/h8H,3-7H2,1-2H3,(H,10,12). The van der Waals surface area contributed by atoms with E-state index < -0.39 is 6.09 Å². The van der Waals surface area contributed by atoms with Crippen LogP contribution in [0, 0.1) is 5.21 Å². The monoisotopic (exact) mass is 202 g/mol. The first-order valence-corrected chi connectivity index (χ1v) is 4.93. The zero-order valence-electron chi connectivity index (χ0n) is 8.78. The molecule has 0 aromatic carbocycles. The molecule has 1 aliphatic rings. The summed E-state index contributed by atoms with van der Waals surface area (Å²) >= 11 is 0. The number of hydrogen-bond acceptors (Lipinski definition) is 3. The van der Waals surface area contributed by atoms with Crippen LogP contribution >= 0.6 is 0 Å². The van der Waals surface area contributed by atoms with Gasteiger partial charge in [0.15, 0.2) is 0 Å². The number of carbonyl (C=O) groups excluding carboxylic acids is 1. The maximum absolute atomic E-state index is 11.6. The van der Waals surface area contributed by atoms with Crippen LogP contribution in [0.3, 0.4) is 0 Å². The number of quaternary nitrogens is 1. The third-order valence-corrected chi connectivity index (χ3v) is 2.64. The fraction of sp³-hybridized carbons (Fsp3) is 0.889. The van der Waals surface area contributed by atoms with E-state index >= 15 is 0 Å². The third-order valence-electron chi connectivity index (χ3n) is 2.64. The Kier molecular flexibility index (Phi) is 3.71. The summed E-state index contributed by atoms with van der Waals surface area (Å²) in [4.78, 5) is 10.9. The largest absolute Gasteiger partial charge is 0.633 e. The molecule has 0 saturated carbocycles. The minimum atomic E-state index is -0.406. The molecular formula is C9H18N2O3. The van der Waals surface area contributed by atoms with Gasteiger partial charge in [0.05, 0.1) is 27.2 Å². The summed E-state index contributed by atoms with van der Waals surface area (Å²) in [5, 5.41) is 14.4. The summed E-state index contributed by atoms with van der Waals surface area (Å²) in [5.41, 5.74) is 0. The SMILES string of the molecule is COC(=O)NC1CCC[N+](C)([O-])CC1. The summed E-state index contributed by atoms with van der Waals surface area (Å²) in [6, 6.07) is 0.0938. The molecule has 1 fully saturated rings. The molecule has 0 aliphatic carbocycles. The first-order valence-electron chi connectivity index (χ1n) is 4.93. The van der Waals surface area contributed by atoms with Gasteiger partial charge in [-0.15, -0.1) is 0 Å². The number of ether oxygens (including phenoxy) is 1. The molecule has 1 heterocycles. The third kappa shape index (κ3) is 3.51. The van der Waals surface area contributed by atoms with E-state index in [1.165, 1.54) is 7.11 Å². The summed E-state index contributed by atoms with van der Waals surface area (Å²) in [6.07, 6.45) is 2.05. The van der Waals surface area contributed by atoms with Crippen molar-refractivity contribution in [3.8, 4) is 0 Å². The molecule has 82 valence electrons. The number of nitrogens with one attached hydrogen (secondary N) is 1. The number of alkyl carbamates (subject to hydrolysis) is 1. The summed E-state index contributed by atoms with van der Waals surface area (Å²) in [5.74, 6) is 0. The van der Waals surface area contributed by atoms with Crippen molar-refractivity contribution in [3.05, 3.63) is 5.21 Å². The van der Waals surface area contributed by atoms with E-state index in [1.807, 2.05) is 0 Å². The molecule has 1 aliphatic heterocycles. The van der Waals surface area contributed by atoms with Crippen molar-refractivity contribution < 1.29 is 14.2 Å². The molecule has 0 bridgehead atoms. The van der Waals surface area contributed by atoms with Gasteiger partial charge in [-0.2, -0.15) is 0 Å². The van der Waals surface area contributed by atoms with Crippen LogP contribution in [0.15, 0.2) is 0 Å². The first kappa shape index (κ1) is 11.3. The van der Waals surface area contributed by atoms with Gasteiger partial charge in [0, 0.05) is 12.5 Å². The molecule has 14 heavy (non-hydrogen) atoms. The minimum Gasteiger partial charge on any atom is -0.633 e. The highest BCUT2D eigenvalue weighted by atomic mass is 16.5. The zero-order chi connectivity index (χ0) is 10.6. The predicted molar refractivity (Wildman–Crippen MR) is 52.5 cm³/mol. The highest BCUT2D eigenvalue weighted by Gasteiger charge is 2.21. The summed E-state index contributed by atoms with van der Waals surface area (Å²) < 4.78 is 4.32. The number of hydroxylamine groups is 3. The van der Waals surface area contributed by atoms with Gasteiger partial charge in [0.1, 0.15) is 0 Å². The fourth-order valence-electron chi connectivity index (χ4n) is 1.73. The lowest BCUT2D eigenvalue weighted by molar-refractivity contribution is -0.859. The number of amides is 1. The van der Waals surface area contributed by atoms with Crippen LogP contribution in [0.4, 0.5) is 4.79 Å². The molecule has 0 aromatic heterocycles. The second kappa shape index (κ2) is 4.61. The van der Waals surface area contributed by atoms with Crippen molar-refractivity contribution in [2.45, 2.75) is 25.3 Å². The number of nitrogens with zero attached hydrogens (tertiary/aromatic N) is 1. The number of carbonyl (C=O) groups is 1. The van der Waals surface area contributed by atoms with Crippen LogP contribution in [0.5, 0.6) is 0 Å². The average Bonchev–Trinajstić information content (AvgIpc) is 2.28. The van der Waals surface area contributed by atoms with Gasteiger partial charge in [0.2, 0.25) is 0 Å². The van der Waals surface area contributed by atoms with Crippen LogP contribution in [-0.4, -0.2) is 44.0 Å². The molecular weight excluding hydrogens is 184 g/mol. The van der Waals surface area contributed by atoms with E-state index in [4.69, 9.17) is 0 Å². The number of rotatable bonds is 1. The Hall–Kier alpha value is -0.810. The molecule has 1 rings (SSSR count). The average molecular weight is 202 g/mol.